The van der Waals surface area contributed by atoms with Crippen molar-refractivity contribution < 1.29 is 35.9 Å². The van der Waals surface area contributed by atoms with E-state index in [9.17, 15) is 26.8 Å². The molecular formula is C19H20N4O8S2. The lowest BCUT2D eigenvalue weighted by atomic mass is 10.3. The van der Waals surface area contributed by atoms with Gasteiger partial charge in [0.25, 0.3) is 19.9 Å². The maximum Gasteiger partial charge on any atom is 0.420 e. The normalized spacial score (nSPS) is 11.7. The van der Waals surface area contributed by atoms with E-state index in [0.717, 1.165) is 18.6 Å². The number of amides is 2. The van der Waals surface area contributed by atoms with Crippen molar-refractivity contribution in [2.24, 2.45) is 0 Å². The molecule has 0 bridgehead atoms. The molecule has 0 aliphatic rings. The summed E-state index contributed by atoms with van der Waals surface area (Å²) < 4.78 is 61.8. The molecule has 0 fully saturated rings. The number of aromatic nitrogens is 2. The minimum absolute atomic E-state index is 0.0280. The lowest BCUT2D eigenvalue weighted by Crippen LogP contribution is -2.39. The number of ether oxygens (including phenoxy) is 1. The Balaban J connectivity index is 1.78. The summed E-state index contributed by atoms with van der Waals surface area (Å²) >= 11 is 0. The van der Waals surface area contributed by atoms with E-state index in [1.54, 1.807) is 6.07 Å². The number of benzene rings is 2. The van der Waals surface area contributed by atoms with Crippen LogP contribution in [0.2, 0.25) is 0 Å². The van der Waals surface area contributed by atoms with E-state index < -0.39 is 36.8 Å². The van der Waals surface area contributed by atoms with Crippen LogP contribution in [0.1, 0.15) is 19.8 Å². The van der Waals surface area contributed by atoms with E-state index in [0.29, 0.717) is 13.0 Å². The van der Waals surface area contributed by atoms with Gasteiger partial charge in [0.1, 0.15) is 5.75 Å². The minimum atomic E-state index is -4.31. The van der Waals surface area contributed by atoms with Crippen molar-refractivity contribution >= 4 is 25.9 Å². The third-order valence-electron chi connectivity index (χ3n) is 4.25. The first-order valence-corrected chi connectivity index (χ1v) is 12.6. The fraction of sp³-hybridized carbons (Fsp3) is 0.211. The van der Waals surface area contributed by atoms with Gasteiger partial charge in [-0.25, -0.2) is 26.4 Å². The number of carbonyl (C=O) groups is 1. The molecule has 0 radical (unpaired) electrons. The molecule has 0 saturated carbocycles. The van der Waals surface area contributed by atoms with Gasteiger partial charge in [-0.15, -0.1) is 0 Å². The molecule has 0 aliphatic heterocycles. The first-order chi connectivity index (χ1) is 15.6. The molecule has 33 heavy (non-hydrogen) atoms. The molecule has 2 aromatic carbocycles. The second-order valence-electron chi connectivity index (χ2n) is 6.65. The molecule has 14 heteroatoms. The van der Waals surface area contributed by atoms with E-state index in [4.69, 9.17) is 4.74 Å². The van der Waals surface area contributed by atoms with Crippen LogP contribution in [0.15, 0.2) is 74.0 Å². The van der Waals surface area contributed by atoms with Gasteiger partial charge in [0.15, 0.2) is 0 Å². The van der Waals surface area contributed by atoms with Crippen LogP contribution in [0.3, 0.4) is 0 Å². The maximum atomic E-state index is 12.8. The van der Waals surface area contributed by atoms with Crippen molar-refractivity contribution in [3.63, 3.8) is 0 Å². The van der Waals surface area contributed by atoms with Gasteiger partial charge in [0, 0.05) is 6.54 Å². The molecule has 0 aliphatic carbocycles. The maximum absolute atomic E-state index is 12.8. The van der Waals surface area contributed by atoms with E-state index in [1.807, 2.05) is 11.6 Å². The summed E-state index contributed by atoms with van der Waals surface area (Å²) in [6.07, 6.45) is 1.54. The van der Waals surface area contributed by atoms with Crippen LogP contribution in [0.4, 0.5) is 4.79 Å². The Kier molecular flexibility index (Phi) is 7.18. The largest absolute Gasteiger partial charge is 0.420 e. The second-order valence-corrected chi connectivity index (χ2v) is 10.2. The first-order valence-electron chi connectivity index (χ1n) is 9.63. The molecule has 0 saturated heterocycles. The highest BCUT2D eigenvalue weighted by Crippen LogP contribution is 2.29. The Hall–Kier alpha value is -3.65. The first kappa shape index (κ1) is 24.0. The molecule has 0 spiro atoms. The van der Waals surface area contributed by atoms with Crippen molar-refractivity contribution in [3.8, 4) is 11.6 Å². The van der Waals surface area contributed by atoms with Crippen LogP contribution in [0.5, 0.6) is 11.6 Å². The van der Waals surface area contributed by atoms with Gasteiger partial charge in [-0.05, 0) is 47.7 Å². The molecule has 2 amide bonds. The topological polar surface area (TPSA) is 172 Å². The molecule has 0 unspecified atom stereocenters. The quantitative estimate of drug-likeness (QED) is 0.330. The van der Waals surface area contributed by atoms with Crippen molar-refractivity contribution in [1.29, 1.82) is 0 Å². The highest BCUT2D eigenvalue weighted by molar-refractivity contribution is 7.91. The van der Waals surface area contributed by atoms with Crippen LogP contribution in [-0.4, -0.2) is 34.6 Å². The summed E-state index contributed by atoms with van der Waals surface area (Å²) in [5.74, 6) is -0.655. The number of nitrogens with zero attached hydrogens (tertiary/aromatic N) is 2. The number of rotatable bonds is 9. The minimum Gasteiger partial charge on any atom is -0.415 e. The van der Waals surface area contributed by atoms with Gasteiger partial charge < -0.3 is 15.3 Å². The van der Waals surface area contributed by atoms with Gasteiger partial charge in [0.05, 0.1) is 14.9 Å². The average Bonchev–Trinajstić information content (AvgIpc) is 3.15. The van der Waals surface area contributed by atoms with Crippen LogP contribution in [0, 0.1) is 5.21 Å². The zero-order valence-corrected chi connectivity index (χ0v) is 18.9. The molecule has 2 N–H and O–H groups in total. The number of unbranched alkanes of at least 4 members (excludes halogenated alkanes) is 1. The lowest BCUT2D eigenvalue weighted by Gasteiger charge is -2.09. The predicted octanol–water partition coefficient (Wildman–Crippen LogP) is 1.72. The number of carbonyl (C=O) groups excluding carboxylic acids is 1. The highest BCUT2D eigenvalue weighted by Gasteiger charge is 2.36. The summed E-state index contributed by atoms with van der Waals surface area (Å²) in [7, 11) is -8.46. The number of nitrogens with one attached hydrogen (secondary N) is 2. The van der Waals surface area contributed by atoms with Crippen LogP contribution < -0.4 is 19.7 Å². The summed E-state index contributed by atoms with van der Waals surface area (Å²) in [4.78, 5) is 11.0. The Labute approximate surface area is 189 Å². The molecular weight excluding hydrogens is 476 g/mol. The van der Waals surface area contributed by atoms with Crippen molar-refractivity contribution in [3.05, 3.63) is 59.8 Å². The number of sulfone groups is 1. The molecule has 12 nitrogen and oxygen atoms in total. The van der Waals surface area contributed by atoms with Crippen LogP contribution in [-0.2, 0) is 19.9 Å². The van der Waals surface area contributed by atoms with E-state index in [2.05, 4.69) is 15.1 Å². The fourth-order valence-electron chi connectivity index (χ4n) is 2.61. The number of hydrogen-bond donors (Lipinski definition) is 2. The molecule has 176 valence electrons. The van der Waals surface area contributed by atoms with E-state index >= 15 is 0 Å². The lowest BCUT2D eigenvalue weighted by molar-refractivity contribution is -0.832. The predicted molar refractivity (Wildman–Crippen MR) is 113 cm³/mol. The van der Waals surface area contributed by atoms with Gasteiger partial charge >= 0.3 is 16.9 Å². The van der Waals surface area contributed by atoms with Gasteiger partial charge in [0.2, 0.25) is 0 Å². The fourth-order valence-corrected chi connectivity index (χ4v) is 4.81. The van der Waals surface area contributed by atoms with Gasteiger partial charge in [-0.2, -0.15) is 0 Å². The summed E-state index contributed by atoms with van der Waals surface area (Å²) in [5, 5.41) is 16.8. The van der Waals surface area contributed by atoms with E-state index in [1.165, 1.54) is 36.4 Å². The summed E-state index contributed by atoms with van der Waals surface area (Å²) in [6, 6.07) is 10.9. The highest BCUT2D eigenvalue weighted by atomic mass is 32.2. The molecule has 3 aromatic rings. The number of sulfonamides is 1. The van der Waals surface area contributed by atoms with Crippen LogP contribution >= 0.6 is 0 Å². The summed E-state index contributed by atoms with van der Waals surface area (Å²) in [5.41, 5.74) is 0. The van der Waals surface area contributed by atoms with Gasteiger partial charge in [-0.1, -0.05) is 31.5 Å². The number of hydrogen-bond acceptors (Lipinski definition) is 9. The molecule has 0 atom stereocenters. The third kappa shape index (κ3) is 5.59. The molecule has 3 rings (SSSR count). The smallest absolute Gasteiger partial charge is 0.415 e. The third-order valence-corrected chi connectivity index (χ3v) is 7.32. The van der Waals surface area contributed by atoms with Gasteiger partial charge in [-0.3, -0.25) is 4.63 Å². The van der Waals surface area contributed by atoms with Crippen molar-refractivity contribution in [2.75, 3.05) is 6.54 Å². The zero-order valence-electron chi connectivity index (χ0n) is 17.3. The van der Waals surface area contributed by atoms with Crippen molar-refractivity contribution in [1.82, 2.24) is 15.2 Å². The molecule has 1 aromatic heterocycles. The van der Waals surface area contributed by atoms with Crippen LogP contribution in [0.25, 0.3) is 0 Å². The SMILES string of the molecule is CCCCNC(=O)NS(=O)(=O)c1ccc(Oc2no[n+]([O-])c2S(=O)(=O)c2ccccc2)cc1. The Morgan fingerprint density at radius 1 is 1.06 bits per heavy atom. The average molecular weight is 497 g/mol. The van der Waals surface area contributed by atoms with E-state index in [-0.39, 0.29) is 20.4 Å². The standard InChI is InChI=1S/C19H20N4O8S2/c1-2-3-13-20-19(24)22-33(28,29)16-11-9-14(10-12-16)30-17-18(23(25)31-21-17)32(26,27)15-7-5-4-6-8-15/h4-12H,2-3,13H2,1H3,(H2,20,22,24). The number of urea groups is 1. The van der Waals surface area contributed by atoms with Crippen molar-refractivity contribution in [2.45, 2.75) is 34.6 Å². The monoisotopic (exact) mass is 496 g/mol. The second kappa shape index (κ2) is 9.87. The summed E-state index contributed by atoms with van der Waals surface area (Å²) in [6.45, 7) is 2.26. The molecule has 1 heterocycles. The Bertz CT molecular complexity index is 1320. The zero-order chi connectivity index (χ0) is 24.1. The Morgan fingerprint density at radius 2 is 1.73 bits per heavy atom. The Morgan fingerprint density at radius 3 is 2.36 bits per heavy atom.